The van der Waals surface area contributed by atoms with Crippen LogP contribution in [0.2, 0.25) is 0 Å². The molecular formula is C23H21F3N2O3. The number of benzene rings is 2. The predicted molar refractivity (Wildman–Crippen MR) is 108 cm³/mol. The number of aliphatic hydroxyl groups is 1. The van der Waals surface area contributed by atoms with Crippen LogP contribution in [-0.4, -0.2) is 46.9 Å². The number of hydrogen-bond acceptors (Lipinski definition) is 3. The maximum absolute atomic E-state index is 14.5. The smallest absolute Gasteiger partial charge is 0.225 e. The number of carbonyl (C=O) groups excluding carboxylic acids is 1. The lowest BCUT2D eigenvalue weighted by Gasteiger charge is -2.40. The molecule has 1 atom stereocenters. The Morgan fingerprint density at radius 2 is 1.84 bits per heavy atom. The maximum Gasteiger partial charge on any atom is 0.225 e. The van der Waals surface area contributed by atoms with E-state index in [1.54, 1.807) is 17.0 Å². The number of β-amino-alcohol motifs (C(OH)–C–C–N with tert-alkyl or cyclic N) is 1. The number of halogens is 3. The van der Waals surface area contributed by atoms with E-state index in [2.05, 4.69) is 4.98 Å². The molecule has 1 aromatic heterocycles. The summed E-state index contributed by atoms with van der Waals surface area (Å²) in [5, 5.41) is 10.1. The summed E-state index contributed by atoms with van der Waals surface area (Å²) in [7, 11) is 0. The average Bonchev–Trinajstić information content (AvgIpc) is 3.07. The zero-order valence-corrected chi connectivity index (χ0v) is 16.6. The van der Waals surface area contributed by atoms with Crippen molar-refractivity contribution in [3.63, 3.8) is 0 Å². The van der Waals surface area contributed by atoms with Crippen molar-refractivity contribution in [2.45, 2.75) is 25.0 Å². The minimum Gasteiger partial charge on any atom is -0.366 e. The van der Waals surface area contributed by atoms with E-state index in [9.17, 15) is 23.1 Å². The Labute approximate surface area is 176 Å². The molecule has 0 bridgehead atoms. The monoisotopic (exact) mass is 430 g/mol. The van der Waals surface area contributed by atoms with Crippen LogP contribution in [0.3, 0.4) is 0 Å². The Hall–Kier alpha value is -2.84. The number of amides is 1. The molecule has 31 heavy (non-hydrogen) atoms. The molecule has 162 valence electrons. The van der Waals surface area contributed by atoms with E-state index >= 15 is 0 Å². The van der Waals surface area contributed by atoms with Crippen LogP contribution in [0.5, 0.6) is 0 Å². The third-order valence-corrected chi connectivity index (χ3v) is 6.25. The Bertz CT molecular complexity index is 1140. The first kappa shape index (κ1) is 20.1. The summed E-state index contributed by atoms with van der Waals surface area (Å²) in [6, 6.07) is 7.94. The van der Waals surface area contributed by atoms with E-state index in [0.717, 1.165) is 11.6 Å². The summed E-state index contributed by atoms with van der Waals surface area (Å²) in [6.45, 7) is 0.866. The molecule has 1 saturated heterocycles. The number of nitrogens with zero attached hydrogens (tertiary/aromatic N) is 1. The molecule has 5 rings (SSSR count). The van der Waals surface area contributed by atoms with Gasteiger partial charge in [0, 0.05) is 23.9 Å². The van der Waals surface area contributed by atoms with Crippen molar-refractivity contribution in [3.8, 4) is 11.3 Å². The van der Waals surface area contributed by atoms with Gasteiger partial charge in [0.1, 0.15) is 17.5 Å². The van der Waals surface area contributed by atoms with Crippen molar-refractivity contribution in [2.75, 3.05) is 19.7 Å². The van der Waals surface area contributed by atoms with E-state index in [0.29, 0.717) is 42.6 Å². The quantitative estimate of drug-likeness (QED) is 0.662. The third kappa shape index (κ3) is 3.59. The third-order valence-electron chi connectivity index (χ3n) is 6.25. The molecule has 8 heteroatoms. The first-order chi connectivity index (χ1) is 14.9. The van der Waals surface area contributed by atoms with Gasteiger partial charge in [-0.15, -0.1) is 0 Å². The van der Waals surface area contributed by atoms with Gasteiger partial charge in [-0.1, -0.05) is 0 Å². The summed E-state index contributed by atoms with van der Waals surface area (Å²) in [5.74, 6) is -2.10. The lowest BCUT2D eigenvalue weighted by atomic mass is 9.69. The second-order valence-electron chi connectivity index (χ2n) is 8.21. The van der Waals surface area contributed by atoms with Gasteiger partial charge in [-0.3, -0.25) is 4.79 Å². The fourth-order valence-corrected chi connectivity index (χ4v) is 4.65. The number of morpholine rings is 1. The molecule has 2 heterocycles. The van der Waals surface area contributed by atoms with Crippen molar-refractivity contribution < 1.29 is 27.8 Å². The molecule has 2 fully saturated rings. The second-order valence-corrected chi connectivity index (χ2v) is 8.21. The van der Waals surface area contributed by atoms with E-state index < -0.39 is 17.9 Å². The van der Waals surface area contributed by atoms with E-state index in [-0.39, 0.29) is 35.6 Å². The molecule has 1 amide bonds. The number of H-pyrrole nitrogens is 1. The van der Waals surface area contributed by atoms with Crippen LogP contribution in [0, 0.1) is 23.4 Å². The molecule has 5 nitrogen and oxygen atoms in total. The van der Waals surface area contributed by atoms with E-state index in [4.69, 9.17) is 4.74 Å². The van der Waals surface area contributed by atoms with Gasteiger partial charge in [0.05, 0.1) is 24.4 Å². The van der Waals surface area contributed by atoms with Crippen molar-refractivity contribution in [3.05, 3.63) is 59.4 Å². The SMILES string of the molecule is O=C(C1CC(c2c(-c3ccc(F)cc3)[nH]c3c(F)cc(F)cc23)C1)N1CCOC(O)C1. The number of aromatic amines is 1. The van der Waals surface area contributed by atoms with Crippen molar-refractivity contribution in [2.24, 2.45) is 5.92 Å². The van der Waals surface area contributed by atoms with Crippen molar-refractivity contribution >= 4 is 16.8 Å². The molecule has 2 aliphatic rings. The van der Waals surface area contributed by atoms with Crippen LogP contribution in [0.1, 0.15) is 24.3 Å². The second kappa shape index (κ2) is 7.69. The Morgan fingerprint density at radius 3 is 2.55 bits per heavy atom. The summed E-state index contributed by atoms with van der Waals surface area (Å²) in [6.07, 6.45) is 0.0927. The van der Waals surface area contributed by atoms with Gasteiger partial charge in [0.15, 0.2) is 6.29 Å². The van der Waals surface area contributed by atoms with Gasteiger partial charge in [0.25, 0.3) is 0 Å². The predicted octanol–water partition coefficient (Wildman–Crippen LogP) is 3.92. The fraction of sp³-hybridized carbons (Fsp3) is 0.348. The molecule has 1 unspecified atom stereocenters. The number of fused-ring (bicyclic) bond motifs is 1. The zero-order valence-electron chi connectivity index (χ0n) is 16.6. The maximum atomic E-state index is 14.5. The number of ether oxygens (including phenoxy) is 1. The van der Waals surface area contributed by atoms with E-state index in [1.165, 1.54) is 18.2 Å². The van der Waals surface area contributed by atoms with Gasteiger partial charge in [-0.05, 0) is 60.2 Å². The van der Waals surface area contributed by atoms with Crippen LogP contribution in [0.25, 0.3) is 22.2 Å². The molecule has 1 aliphatic heterocycles. The van der Waals surface area contributed by atoms with Gasteiger partial charge in [-0.25, -0.2) is 13.2 Å². The minimum absolute atomic E-state index is 0.0425. The highest BCUT2D eigenvalue weighted by Gasteiger charge is 2.41. The Kier molecular flexibility index (Phi) is 4.98. The molecule has 3 aromatic rings. The number of nitrogens with one attached hydrogen (secondary N) is 1. The standard InChI is InChI=1S/C23H21F3N2O3/c24-15-3-1-12(2-4-15)21-20(17-9-16(25)10-18(26)22(17)27-21)13-7-14(8-13)23(30)28-5-6-31-19(29)11-28/h1-4,9-10,13-14,19,27,29H,5-8,11H2. The van der Waals surface area contributed by atoms with Crippen LogP contribution < -0.4 is 0 Å². The first-order valence-corrected chi connectivity index (χ1v) is 10.3. The van der Waals surface area contributed by atoms with Crippen LogP contribution in [0.4, 0.5) is 13.2 Å². The zero-order chi connectivity index (χ0) is 21.7. The van der Waals surface area contributed by atoms with Gasteiger partial charge in [-0.2, -0.15) is 0 Å². The number of carbonyl (C=O) groups is 1. The molecular weight excluding hydrogens is 409 g/mol. The number of hydrogen-bond donors (Lipinski definition) is 2. The highest BCUT2D eigenvalue weighted by atomic mass is 19.1. The van der Waals surface area contributed by atoms with Crippen molar-refractivity contribution in [1.82, 2.24) is 9.88 Å². The van der Waals surface area contributed by atoms with Crippen LogP contribution in [-0.2, 0) is 9.53 Å². The average molecular weight is 430 g/mol. The molecule has 1 saturated carbocycles. The minimum atomic E-state index is -0.974. The van der Waals surface area contributed by atoms with Crippen LogP contribution in [0.15, 0.2) is 36.4 Å². The topological polar surface area (TPSA) is 65.6 Å². The molecule has 1 aliphatic carbocycles. The fourth-order valence-electron chi connectivity index (χ4n) is 4.65. The highest BCUT2D eigenvalue weighted by molar-refractivity contribution is 5.92. The first-order valence-electron chi connectivity index (χ1n) is 10.3. The highest BCUT2D eigenvalue weighted by Crippen LogP contribution is 2.49. The normalized spacial score (nSPS) is 23.7. The number of aliphatic hydroxyl groups excluding tert-OH is 1. The van der Waals surface area contributed by atoms with Gasteiger partial charge in [0.2, 0.25) is 5.91 Å². The molecule has 0 radical (unpaired) electrons. The Balaban J connectivity index is 1.47. The largest absolute Gasteiger partial charge is 0.366 e. The van der Waals surface area contributed by atoms with Gasteiger partial charge >= 0.3 is 0 Å². The van der Waals surface area contributed by atoms with Crippen LogP contribution >= 0.6 is 0 Å². The summed E-state index contributed by atoms with van der Waals surface area (Å²) < 4.78 is 47.0. The summed E-state index contributed by atoms with van der Waals surface area (Å²) in [5.41, 5.74) is 2.21. The lowest BCUT2D eigenvalue weighted by molar-refractivity contribution is -0.169. The number of aromatic nitrogens is 1. The van der Waals surface area contributed by atoms with E-state index in [1.807, 2.05) is 0 Å². The number of rotatable bonds is 3. The Morgan fingerprint density at radius 1 is 1.10 bits per heavy atom. The van der Waals surface area contributed by atoms with Gasteiger partial charge < -0.3 is 19.7 Å². The molecule has 2 N–H and O–H groups in total. The lowest BCUT2D eigenvalue weighted by Crippen LogP contribution is -2.49. The summed E-state index contributed by atoms with van der Waals surface area (Å²) >= 11 is 0. The molecule has 0 spiro atoms. The summed E-state index contributed by atoms with van der Waals surface area (Å²) in [4.78, 5) is 17.4. The molecule has 2 aromatic carbocycles. The van der Waals surface area contributed by atoms with Crippen molar-refractivity contribution in [1.29, 1.82) is 0 Å².